The molecular weight excluding hydrogens is 436 g/mol. The number of hydrogen-bond acceptors (Lipinski definition) is 5. The number of amides is 1. The standard InChI is InChI=1S/C20H16F4N4O2S/c1-2-10-28-18(13-6-5-7-14(21)11-13)26-27-19(28)31-12-17(29)25-15-8-3-4-9-16(15)30-20(22,23)24/h2-9,11H,1,10,12H2,(H,25,29). The van der Waals surface area contributed by atoms with Crippen LogP contribution in [0, 0.1) is 5.82 Å². The fraction of sp³-hybridized carbons (Fsp3) is 0.150. The van der Waals surface area contributed by atoms with E-state index in [1.165, 1.54) is 30.3 Å². The van der Waals surface area contributed by atoms with Crippen LogP contribution in [0.4, 0.5) is 23.2 Å². The van der Waals surface area contributed by atoms with Crippen molar-refractivity contribution in [3.05, 3.63) is 67.0 Å². The average Bonchev–Trinajstić information content (AvgIpc) is 3.10. The van der Waals surface area contributed by atoms with Crippen molar-refractivity contribution in [2.45, 2.75) is 18.1 Å². The van der Waals surface area contributed by atoms with Crippen LogP contribution in [0.5, 0.6) is 5.75 Å². The third-order valence-corrected chi connectivity index (χ3v) is 4.80. The highest BCUT2D eigenvalue weighted by molar-refractivity contribution is 7.99. The lowest BCUT2D eigenvalue weighted by Crippen LogP contribution is -2.20. The first-order valence-electron chi connectivity index (χ1n) is 8.84. The summed E-state index contributed by atoms with van der Waals surface area (Å²) < 4.78 is 56.7. The zero-order chi connectivity index (χ0) is 22.4. The van der Waals surface area contributed by atoms with Crippen LogP contribution < -0.4 is 10.1 Å². The molecule has 0 bridgehead atoms. The van der Waals surface area contributed by atoms with E-state index in [0.717, 1.165) is 17.8 Å². The van der Waals surface area contributed by atoms with Crippen LogP contribution in [0.1, 0.15) is 0 Å². The molecule has 2 aromatic carbocycles. The maximum atomic E-state index is 13.6. The van der Waals surface area contributed by atoms with Gasteiger partial charge in [-0.25, -0.2) is 4.39 Å². The van der Waals surface area contributed by atoms with Crippen molar-refractivity contribution >= 4 is 23.4 Å². The van der Waals surface area contributed by atoms with Gasteiger partial charge in [0.2, 0.25) is 5.91 Å². The number of benzene rings is 2. The number of ether oxygens (including phenoxy) is 1. The van der Waals surface area contributed by atoms with Gasteiger partial charge in [0, 0.05) is 12.1 Å². The molecule has 0 aliphatic rings. The molecule has 0 aliphatic carbocycles. The highest BCUT2D eigenvalue weighted by Gasteiger charge is 2.32. The van der Waals surface area contributed by atoms with Crippen molar-refractivity contribution in [1.82, 2.24) is 14.8 Å². The monoisotopic (exact) mass is 452 g/mol. The Morgan fingerprint density at radius 3 is 2.68 bits per heavy atom. The Labute approximate surface area is 178 Å². The van der Waals surface area contributed by atoms with E-state index in [2.05, 4.69) is 26.8 Å². The quantitative estimate of drug-likeness (QED) is 0.299. The molecule has 1 amide bonds. The number of halogens is 4. The Morgan fingerprint density at radius 2 is 1.97 bits per heavy atom. The summed E-state index contributed by atoms with van der Waals surface area (Å²) >= 11 is 1.03. The van der Waals surface area contributed by atoms with Gasteiger partial charge in [0.15, 0.2) is 16.7 Å². The lowest BCUT2D eigenvalue weighted by molar-refractivity contribution is -0.274. The van der Waals surface area contributed by atoms with Gasteiger partial charge in [-0.15, -0.1) is 29.9 Å². The number of allylic oxidation sites excluding steroid dienone is 1. The number of hydrogen-bond donors (Lipinski definition) is 1. The van der Waals surface area contributed by atoms with Crippen molar-refractivity contribution < 1.29 is 27.1 Å². The zero-order valence-corrected chi connectivity index (χ0v) is 16.7. The summed E-state index contributed by atoms with van der Waals surface area (Å²) in [5.74, 6) is -1.27. The smallest absolute Gasteiger partial charge is 0.404 e. The lowest BCUT2D eigenvalue weighted by Gasteiger charge is -2.13. The van der Waals surface area contributed by atoms with Crippen LogP contribution in [0.3, 0.4) is 0 Å². The van der Waals surface area contributed by atoms with Crippen LogP contribution in [0.25, 0.3) is 11.4 Å². The molecule has 1 aromatic heterocycles. The number of carbonyl (C=O) groups excluding carboxylic acids is 1. The van der Waals surface area contributed by atoms with Crippen LogP contribution in [-0.2, 0) is 11.3 Å². The number of thioether (sulfide) groups is 1. The molecule has 0 atom stereocenters. The van der Waals surface area contributed by atoms with Gasteiger partial charge in [0.05, 0.1) is 11.4 Å². The Kier molecular flexibility index (Phi) is 6.95. The molecule has 3 aromatic rings. The molecule has 0 saturated heterocycles. The fourth-order valence-corrected chi connectivity index (χ4v) is 3.38. The number of anilines is 1. The van der Waals surface area contributed by atoms with Crippen LogP contribution in [-0.4, -0.2) is 32.8 Å². The molecule has 1 heterocycles. The second kappa shape index (κ2) is 9.65. The molecule has 0 fully saturated rings. The molecule has 31 heavy (non-hydrogen) atoms. The first kappa shape index (κ1) is 22.3. The number of aromatic nitrogens is 3. The van der Waals surface area contributed by atoms with Gasteiger partial charge < -0.3 is 10.1 Å². The van der Waals surface area contributed by atoms with Crippen LogP contribution in [0.15, 0.2) is 66.3 Å². The minimum atomic E-state index is -4.88. The Morgan fingerprint density at radius 1 is 1.19 bits per heavy atom. The van der Waals surface area contributed by atoms with Gasteiger partial charge in [0.25, 0.3) is 0 Å². The van der Waals surface area contributed by atoms with Crippen molar-refractivity contribution in [2.75, 3.05) is 11.1 Å². The molecule has 0 radical (unpaired) electrons. The van der Waals surface area contributed by atoms with Crippen molar-refractivity contribution in [2.24, 2.45) is 0 Å². The summed E-state index contributed by atoms with van der Waals surface area (Å²) in [7, 11) is 0. The maximum Gasteiger partial charge on any atom is 0.573 e. The summed E-state index contributed by atoms with van der Waals surface area (Å²) in [6, 6.07) is 11.0. The number of para-hydroxylation sites is 2. The first-order valence-corrected chi connectivity index (χ1v) is 9.83. The minimum absolute atomic E-state index is 0.113. The molecule has 11 heteroatoms. The lowest BCUT2D eigenvalue weighted by atomic mass is 10.2. The van der Waals surface area contributed by atoms with Crippen molar-refractivity contribution in [3.8, 4) is 17.1 Å². The van der Waals surface area contributed by atoms with Crippen LogP contribution >= 0.6 is 11.8 Å². The summed E-state index contributed by atoms with van der Waals surface area (Å²) in [5, 5.41) is 10.9. The predicted octanol–water partition coefficient (Wildman–Crippen LogP) is 4.90. The second-order valence-electron chi connectivity index (χ2n) is 6.10. The van der Waals surface area contributed by atoms with Gasteiger partial charge in [0.1, 0.15) is 5.82 Å². The third kappa shape index (κ3) is 6.07. The van der Waals surface area contributed by atoms with Crippen molar-refractivity contribution in [1.29, 1.82) is 0 Å². The summed E-state index contributed by atoms with van der Waals surface area (Å²) in [5.41, 5.74) is 0.391. The van der Waals surface area contributed by atoms with E-state index in [1.54, 1.807) is 22.8 Å². The Balaban J connectivity index is 1.72. The van der Waals surface area contributed by atoms with Gasteiger partial charge in [-0.1, -0.05) is 42.1 Å². The largest absolute Gasteiger partial charge is 0.573 e. The topological polar surface area (TPSA) is 69.0 Å². The van der Waals surface area contributed by atoms with E-state index in [-0.39, 0.29) is 11.4 Å². The number of carbonyl (C=O) groups is 1. The van der Waals surface area contributed by atoms with Crippen molar-refractivity contribution in [3.63, 3.8) is 0 Å². The number of nitrogens with one attached hydrogen (secondary N) is 1. The summed E-state index contributed by atoms with van der Waals surface area (Å²) in [6.45, 7) is 3.98. The molecule has 0 unspecified atom stereocenters. The molecule has 0 spiro atoms. The van der Waals surface area contributed by atoms with Gasteiger partial charge in [-0.3, -0.25) is 9.36 Å². The maximum absolute atomic E-state index is 13.6. The molecule has 3 rings (SSSR count). The summed E-state index contributed by atoms with van der Waals surface area (Å²) in [6.07, 6.45) is -3.29. The normalized spacial score (nSPS) is 11.2. The molecule has 1 N–H and O–H groups in total. The zero-order valence-electron chi connectivity index (χ0n) is 15.9. The van der Waals surface area contributed by atoms with E-state index in [0.29, 0.717) is 23.1 Å². The fourth-order valence-electron chi connectivity index (χ4n) is 2.63. The number of alkyl halides is 3. The van der Waals surface area contributed by atoms with Gasteiger partial charge >= 0.3 is 6.36 Å². The molecular formula is C20H16F4N4O2S. The summed E-state index contributed by atoms with van der Waals surface area (Å²) in [4.78, 5) is 12.3. The van der Waals surface area contributed by atoms with E-state index >= 15 is 0 Å². The molecule has 6 nitrogen and oxygen atoms in total. The van der Waals surface area contributed by atoms with Gasteiger partial charge in [-0.05, 0) is 24.3 Å². The first-order chi connectivity index (χ1) is 14.8. The third-order valence-electron chi connectivity index (χ3n) is 3.83. The second-order valence-corrected chi connectivity index (χ2v) is 7.04. The van der Waals surface area contributed by atoms with E-state index in [4.69, 9.17) is 0 Å². The SMILES string of the molecule is C=CCn1c(SCC(=O)Nc2ccccc2OC(F)(F)F)nnc1-c1cccc(F)c1. The van der Waals surface area contributed by atoms with E-state index in [1.807, 2.05) is 0 Å². The molecule has 162 valence electrons. The molecule has 0 saturated carbocycles. The Bertz CT molecular complexity index is 1090. The highest BCUT2D eigenvalue weighted by atomic mass is 32.2. The minimum Gasteiger partial charge on any atom is -0.404 e. The average molecular weight is 452 g/mol. The van der Waals surface area contributed by atoms with Crippen LogP contribution in [0.2, 0.25) is 0 Å². The van der Waals surface area contributed by atoms with E-state index in [9.17, 15) is 22.4 Å². The predicted molar refractivity (Wildman–Crippen MR) is 108 cm³/mol. The Hall–Kier alpha value is -3.34. The number of nitrogens with zero attached hydrogens (tertiary/aromatic N) is 3. The molecule has 0 aliphatic heterocycles. The highest BCUT2D eigenvalue weighted by Crippen LogP contribution is 2.30. The van der Waals surface area contributed by atoms with Gasteiger partial charge in [-0.2, -0.15) is 0 Å². The van der Waals surface area contributed by atoms with E-state index < -0.39 is 23.8 Å². The number of rotatable bonds is 8.